The van der Waals surface area contributed by atoms with Crippen molar-refractivity contribution < 1.29 is 4.74 Å². The Morgan fingerprint density at radius 1 is 1.50 bits per heavy atom. The Labute approximate surface area is 106 Å². The lowest BCUT2D eigenvalue weighted by atomic mass is 9.87. The summed E-state index contributed by atoms with van der Waals surface area (Å²) in [5.41, 5.74) is 1.36. The highest BCUT2D eigenvalue weighted by molar-refractivity contribution is 9.10. The molecule has 0 saturated carbocycles. The van der Waals surface area contributed by atoms with E-state index in [9.17, 15) is 0 Å². The predicted molar refractivity (Wildman–Crippen MR) is 69.5 cm³/mol. The van der Waals surface area contributed by atoms with E-state index in [0.29, 0.717) is 12.0 Å². The quantitative estimate of drug-likeness (QED) is 0.920. The first-order chi connectivity index (χ1) is 7.81. The van der Waals surface area contributed by atoms with Gasteiger partial charge in [0, 0.05) is 23.5 Å². The van der Waals surface area contributed by atoms with Gasteiger partial charge in [-0.25, -0.2) is 0 Å². The molecule has 1 aromatic carbocycles. The van der Waals surface area contributed by atoms with E-state index in [4.69, 9.17) is 4.74 Å². The first-order valence-electron chi connectivity index (χ1n) is 5.79. The number of methoxy groups -OCH3 is 1. The number of nitrogens with one attached hydrogen (secondary N) is 1. The molecule has 1 saturated heterocycles. The molecule has 0 aromatic heterocycles. The third kappa shape index (κ3) is 2.84. The highest BCUT2D eigenvalue weighted by Gasteiger charge is 2.25. The summed E-state index contributed by atoms with van der Waals surface area (Å²) in [7, 11) is 1.78. The molecule has 88 valence electrons. The van der Waals surface area contributed by atoms with E-state index < -0.39 is 0 Å². The molecule has 1 aliphatic rings. The minimum absolute atomic E-state index is 0.436. The molecule has 2 unspecified atom stereocenters. The van der Waals surface area contributed by atoms with Crippen LogP contribution in [0.15, 0.2) is 28.7 Å². The zero-order valence-corrected chi connectivity index (χ0v) is 11.2. The van der Waals surface area contributed by atoms with Crippen molar-refractivity contribution in [1.29, 1.82) is 0 Å². The number of halogens is 1. The van der Waals surface area contributed by atoms with Crippen molar-refractivity contribution in [1.82, 2.24) is 5.32 Å². The Kier molecular flexibility index (Phi) is 4.38. The maximum absolute atomic E-state index is 5.31. The Morgan fingerprint density at radius 3 is 3.12 bits per heavy atom. The van der Waals surface area contributed by atoms with Gasteiger partial charge in [0.25, 0.3) is 0 Å². The van der Waals surface area contributed by atoms with Gasteiger partial charge >= 0.3 is 0 Å². The van der Waals surface area contributed by atoms with Crippen LogP contribution in [0.5, 0.6) is 0 Å². The largest absolute Gasteiger partial charge is 0.384 e. The summed E-state index contributed by atoms with van der Waals surface area (Å²) in [6, 6.07) is 8.99. The lowest BCUT2D eigenvalue weighted by Crippen LogP contribution is -2.36. The Morgan fingerprint density at radius 2 is 2.38 bits per heavy atom. The summed E-state index contributed by atoms with van der Waals surface area (Å²) < 4.78 is 6.46. The van der Waals surface area contributed by atoms with Crippen LogP contribution < -0.4 is 5.32 Å². The van der Waals surface area contributed by atoms with Crippen LogP contribution in [0.1, 0.15) is 24.4 Å². The van der Waals surface area contributed by atoms with E-state index in [1.165, 1.54) is 18.4 Å². The number of ether oxygens (including phenoxy) is 1. The molecule has 2 atom stereocenters. The van der Waals surface area contributed by atoms with E-state index in [1.807, 2.05) is 0 Å². The fourth-order valence-corrected chi connectivity index (χ4v) is 2.86. The fourth-order valence-electron chi connectivity index (χ4n) is 2.44. The first kappa shape index (κ1) is 12.1. The third-order valence-electron chi connectivity index (χ3n) is 3.18. The fraction of sp³-hybridized carbons (Fsp3) is 0.538. The maximum Gasteiger partial charge on any atom is 0.0508 e. The predicted octanol–water partition coefficient (Wildman–Crippen LogP) is 3.14. The van der Waals surface area contributed by atoms with Crippen LogP contribution in [0, 0.1) is 5.92 Å². The van der Waals surface area contributed by atoms with Crippen LogP contribution in [0.3, 0.4) is 0 Å². The molecule has 0 bridgehead atoms. The molecule has 1 heterocycles. The van der Waals surface area contributed by atoms with Gasteiger partial charge in [0.1, 0.15) is 0 Å². The highest BCUT2D eigenvalue weighted by Crippen LogP contribution is 2.30. The van der Waals surface area contributed by atoms with E-state index in [1.54, 1.807) is 7.11 Å². The molecule has 1 N–H and O–H groups in total. The zero-order valence-electron chi connectivity index (χ0n) is 9.58. The number of benzene rings is 1. The smallest absolute Gasteiger partial charge is 0.0508 e. The third-order valence-corrected chi connectivity index (χ3v) is 3.67. The SMILES string of the molecule is COCC1CCCNC1c1cccc(Br)c1. The normalized spacial score (nSPS) is 25.6. The second kappa shape index (κ2) is 5.80. The lowest BCUT2D eigenvalue weighted by Gasteiger charge is -2.32. The standard InChI is InChI=1S/C13H18BrNO/c1-16-9-11-5-3-7-15-13(11)10-4-2-6-12(14)8-10/h2,4,6,8,11,13,15H,3,5,7,9H2,1H3. The van der Waals surface area contributed by atoms with E-state index in [-0.39, 0.29) is 0 Å². The van der Waals surface area contributed by atoms with Gasteiger partial charge in [0.15, 0.2) is 0 Å². The van der Waals surface area contributed by atoms with Gasteiger partial charge in [0.2, 0.25) is 0 Å². The van der Waals surface area contributed by atoms with E-state index >= 15 is 0 Å². The van der Waals surface area contributed by atoms with Crippen LogP contribution in [0.25, 0.3) is 0 Å². The molecular weight excluding hydrogens is 266 g/mol. The van der Waals surface area contributed by atoms with Gasteiger partial charge in [-0.15, -0.1) is 0 Å². The number of piperidine rings is 1. The highest BCUT2D eigenvalue weighted by atomic mass is 79.9. The maximum atomic E-state index is 5.31. The minimum Gasteiger partial charge on any atom is -0.384 e. The van der Waals surface area contributed by atoms with Crippen molar-refractivity contribution in [2.24, 2.45) is 5.92 Å². The van der Waals surface area contributed by atoms with Gasteiger partial charge in [0.05, 0.1) is 6.61 Å². The van der Waals surface area contributed by atoms with Crippen molar-refractivity contribution >= 4 is 15.9 Å². The van der Waals surface area contributed by atoms with Crippen LogP contribution >= 0.6 is 15.9 Å². The molecule has 3 heteroatoms. The molecule has 1 aromatic rings. The summed E-state index contributed by atoms with van der Waals surface area (Å²) >= 11 is 3.53. The van der Waals surface area contributed by atoms with Gasteiger partial charge in [-0.2, -0.15) is 0 Å². The molecule has 0 spiro atoms. The van der Waals surface area contributed by atoms with Crippen LogP contribution in [0.4, 0.5) is 0 Å². The van der Waals surface area contributed by atoms with Crippen molar-refractivity contribution in [3.63, 3.8) is 0 Å². The van der Waals surface area contributed by atoms with E-state index in [2.05, 4.69) is 45.5 Å². The Bertz CT molecular complexity index is 340. The molecule has 0 aliphatic carbocycles. The summed E-state index contributed by atoms with van der Waals surface area (Å²) in [5.74, 6) is 0.591. The van der Waals surface area contributed by atoms with Gasteiger partial charge in [-0.3, -0.25) is 0 Å². The summed E-state index contributed by atoms with van der Waals surface area (Å²) in [6.45, 7) is 1.95. The Balaban J connectivity index is 2.16. The van der Waals surface area contributed by atoms with Crippen molar-refractivity contribution in [2.75, 3.05) is 20.3 Å². The number of hydrogen-bond acceptors (Lipinski definition) is 2. The first-order valence-corrected chi connectivity index (χ1v) is 6.58. The molecule has 0 amide bonds. The second-order valence-corrected chi connectivity index (χ2v) is 5.26. The molecular formula is C13H18BrNO. The van der Waals surface area contributed by atoms with Crippen LogP contribution in [-0.2, 0) is 4.74 Å². The molecule has 16 heavy (non-hydrogen) atoms. The van der Waals surface area contributed by atoms with Gasteiger partial charge in [-0.05, 0) is 37.1 Å². The van der Waals surface area contributed by atoms with Crippen LogP contribution in [-0.4, -0.2) is 20.3 Å². The average Bonchev–Trinajstić information content (AvgIpc) is 2.30. The molecule has 2 nitrogen and oxygen atoms in total. The molecule has 2 rings (SSSR count). The summed E-state index contributed by atoms with van der Waals surface area (Å²) in [4.78, 5) is 0. The monoisotopic (exact) mass is 283 g/mol. The van der Waals surface area contributed by atoms with Gasteiger partial charge < -0.3 is 10.1 Å². The average molecular weight is 284 g/mol. The zero-order chi connectivity index (χ0) is 11.4. The van der Waals surface area contributed by atoms with Crippen LogP contribution in [0.2, 0.25) is 0 Å². The molecule has 1 fully saturated rings. The van der Waals surface area contributed by atoms with E-state index in [0.717, 1.165) is 17.6 Å². The summed E-state index contributed by atoms with van der Waals surface area (Å²) in [5, 5.41) is 3.60. The van der Waals surface area contributed by atoms with Crippen molar-refractivity contribution in [3.8, 4) is 0 Å². The second-order valence-electron chi connectivity index (χ2n) is 4.34. The summed E-state index contributed by atoms with van der Waals surface area (Å²) in [6.07, 6.45) is 2.50. The molecule has 1 aliphatic heterocycles. The minimum atomic E-state index is 0.436. The molecule has 0 radical (unpaired) electrons. The van der Waals surface area contributed by atoms with Gasteiger partial charge in [-0.1, -0.05) is 28.1 Å². The van der Waals surface area contributed by atoms with Crippen molar-refractivity contribution in [3.05, 3.63) is 34.3 Å². The van der Waals surface area contributed by atoms with Crippen molar-refractivity contribution in [2.45, 2.75) is 18.9 Å². The topological polar surface area (TPSA) is 21.3 Å². The lowest BCUT2D eigenvalue weighted by molar-refractivity contribution is 0.112. The number of hydrogen-bond donors (Lipinski definition) is 1. The Hall–Kier alpha value is -0.380. The number of rotatable bonds is 3.